The molecule has 2 aromatic rings. The van der Waals surface area contributed by atoms with Crippen LogP contribution >= 0.6 is 0 Å². The average Bonchev–Trinajstić information content (AvgIpc) is 2.95. The highest BCUT2D eigenvalue weighted by atomic mass is 15.1. The summed E-state index contributed by atoms with van der Waals surface area (Å²) in [7, 11) is 0. The summed E-state index contributed by atoms with van der Waals surface area (Å²) in [5, 5.41) is 0. The molecule has 0 amide bonds. The molecule has 0 saturated carbocycles. The van der Waals surface area contributed by atoms with Gasteiger partial charge in [0.05, 0.1) is 6.54 Å². The summed E-state index contributed by atoms with van der Waals surface area (Å²) in [5.74, 6) is 0. The Morgan fingerprint density at radius 2 is 1.50 bits per heavy atom. The maximum atomic E-state index is 4.76. The van der Waals surface area contributed by atoms with E-state index in [1.54, 1.807) is 0 Å². The van der Waals surface area contributed by atoms with Gasteiger partial charge in [0.1, 0.15) is 0 Å². The molecule has 2 aromatic carbocycles. The molecule has 1 aliphatic heterocycles. The first-order valence-corrected chi connectivity index (χ1v) is 7.22. The lowest BCUT2D eigenvalue weighted by atomic mass is 10.2. The lowest BCUT2D eigenvalue weighted by Crippen LogP contribution is -2.20. The van der Waals surface area contributed by atoms with Gasteiger partial charge in [0.25, 0.3) is 0 Å². The van der Waals surface area contributed by atoms with Crippen molar-refractivity contribution in [2.75, 3.05) is 13.1 Å². The van der Waals surface area contributed by atoms with Crippen molar-refractivity contribution in [3.05, 3.63) is 71.8 Å². The van der Waals surface area contributed by atoms with E-state index in [1.165, 1.54) is 16.8 Å². The lowest BCUT2D eigenvalue weighted by Gasteiger charge is -2.13. The van der Waals surface area contributed by atoms with Gasteiger partial charge < -0.3 is 0 Å². The number of rotatable bonds is 4. The molecule has 0 unspecified atom stereocenters. The van der Waals surface area contributed by atoms with Crippen LogP contribution < -0.4 is 0 Å². The Morgan fingerprint density at radius 3 is 2.20 bits per heavy atom. The Hall–Kier alpha value is -1.93. The first-order valence-electron chi connectivity index (χ1n) is 7.22. The summed E-state index contributed by atoms with van der Waals surface area (Å²) in [4.78, 5) is 7.23. The second-order valence-corrected chi connectivity index (χ2v) is 5.31. The molecule has 2 heteroatoms. The number of likely N-dealkylation sites (tertiary alicyclic amines) is 1. The highest BCUT2D eigenvalue weighted by Gasteiger charge is 2.17. The van der Waals surface area contributed by atoms with Crippen LogP contribution in [-0.4, -0.2) is 23.7 Å². The normalized spacial score (nSPS) is 17.7. The van der Waals surface area contributed by atoms with Crippen LogP contribution in [0.2, 0.25) is 0 Å². The Balaban J connectivity index is 1.54. The van der Waals surface area contributed by atoms with Crippen LogP contribution in [0.3, 0.4) is 0 Å². The molecule has 1 saturated heterocycles. The van der Waals surface area contributed by atoms with Gasteiger partial charge in [-0.25, -0.2) is 0 Å². The van der Waals surface area contributed by atoms with Crippen LogP contribution in [0.1, 0.15) is 17.5 Å². The minimum atomic E-state index is 0.815. The topological polar surface area (TPSA) is 15.6 Å². The van der Waals surface area contributed by atoms with Crippen LogP contribution in [0.4, 0.5) is 0 Å². The predicted octanol–water partition coefficient (Wildman–Crippen LogP) is 3.53. The highest BCUT2D eigenvalue weighted by molar-refractivity contribution is 5.88. The smallest absolute Gasteiger partial charge is 0.0639 e. The quantitative estimate of drug-likeness (QED) is 0.824. The first-order chi connectivity index (χ1) is 9.90. The third-order valence-electron chi connectivity index (χ3n) is 3.70. The molecule has 3 rings (SSSR count). The van der Waals surface area contributed by atoms with Gasteiger partial charge in [0.15, 0.2) is 0 Å². The van der Waals surface area contributed by atoms with E-state index in [0.29, 0.717) is 0 Å². The van der Waals surface area contributed by atoms with Crippen LogP contribution in [0.5, 0.6) is 0 Å². The fraction of sp³-hybridized carbons (Fsp3) is 0.278. The Bertz CT molecular complexity index is 560. The van der Waals surface area contributed by atoms with E-state index in [1.807, 2.05) is 6.07 Å². The molecule has 1 heterocycles. The molecule has 0 aromatic heterocycles. The maximum absolute atomic E-state index is 4.76. The molecule has 1 fully saturated rings. The summed E-state index contributed by atoms with van der Waals surface area (Å²) in [6, 6.07) is 21.1. The van der Waals surface area contributed by atoms with Gasteiger partial charge in [-0.3, -0.25) is 9.89 Å². The SMILES string of the molecule is c1ccc(C/N=C2\CCN(Cc3ccccc3)C2)cc1. The zero-order chi connectivity index (χ0) is 13.6. The number of benzene rings is 2. The molecule has 2 nitrogen and oxygen atoms in total. The third-order valence-corrected chi connectivity index (χ3v) is 3.70. The largest absolute Gasteiger partial charge is 0.293 e. The molecule has 0 atom stereocenters. The Morgan fingerprint density at radius 1 is 0.850 bits per heavy atom. The van der Waals surface area contributed by atoms with Crippen molar-refractivity contribution in [1.82, 2.24) is 4.90 Å². The lowest BCUT2D eigenvalue weighted by molar-refractivity contribution is 0.341. The van der Waals surface area contributed by atoms with E-state index in [2.05, 4.69) is 59.5 Å². The van der Waals surface area contributed by atoms with Crippen LogP contribution in [0, 0.1) is 0 Å². The van der Waals surface area contributed by atoms with E-state index in [-0.39, 0.29) is 0 Å². The molecule has 0 radical (unpaired) electrons. The summed E-state index contributed by atoms with van der Waals surface area (Å²) < 4.78 is 0. The predicted molar refractivity (Wildman–Crippen MR) is 83.9 cm³/mol. The van der Waals surface area contributed by atoms with Crippen LogP contribution in [0.25, 0.3) is 0 Å². The average molecular weight is 264 g/mol. The zero-order valence-electron chi connectivity index (χ0n) is 11.7. The third kappa shape index (κ3) is 3.55. The van der Waals surface area contributed by atoms with E-state index in [9.17, 15) is 0 Å². The molecule has 102 valence electrons. The zero-order valence-corrected chi connectivity index (χ0v) is 11.7. The molecule has 20 heavy (non-hydrogen) atoms. The summed E-state index contributed by atoms with van der Waals surface area (Å²) in [5.41, 5.74) is 4.02. The van der Waals surface area contributed by atoms with Crippen molar-refractivity contribution in [3.63, 3.8) is 0 Å². The second-order valence-electron chi connectivity index (χ2n) is 5.31. The van der Waals surface area contributed by atoms with Crippen molar-refractivity contribution in [2.24, 2.45) is 4.99 Å². The van der Waals surface area contributed by atoms with Gasteiger partial charge in [-0.2, -0.15) is 0 Å². The van der Waals surface area contributed by atoms with Gasteiger partial charge >= 0.3 is 0 Å². The number of hydrogen-bond donors (Lipinski definition) is 0. The van der Waals surface area contributed by atoms with Gasteiger partial charge in [-0.15, -0.1) is 0 Å². The molecule has 1 aliphatic rings. The Labute approximate surface area is 120 Å². The van der Waals surface area contributed by atoms with E-state index in [0.717, 1.165) is 32.6 Å². The second kappa shape index (κ2) is 6.49. The number of aliphatic imine (C=N–C) groups is 1. The van der Waals surface area contributed by atoms with E-state index in [4.69, 9.17) is 4.99 Å². The molecule has 0 N–H and O–H groups in total. The van der Waals surface area contributed by atoms with Gasteiger partial charge in [0.2, 0.25) is 0 Å². The fourth-order valence-electron chi connectivity index (χ4n) is 2.60. The summed E-state index contributed by atoms with van der Waals surface area (Å²) in [6.07, 6.45) is 1.11. The van der Waals surface area contributed by atoms with Crippen molar-refractivity contribution < 1.29 is 0 Å². The molecule has 0 bridgehead atoms. The fourth-order valence-corrected chi connectivity index (χ4v) is 2.60. The maximum Gasteiger partial charge on any atom is 0.0639 e. The minimum Gasteiger partial charge on any atom is -0.293 e. The van der Waals surface area contributed by atoms with Crippen molar-refractivity contribution in [3.8, 4) is 0 Å². The Kier molecular flexibility index (Phi) is 4.24. The van der Waals surface area contributed by atoms with Gasteiger partial charge in [0, 0.05) is 25.3 Å². The standard InChI is InChI=1S/C18H20N2/c1-3-7-16(8-4-1)13-19-18-11-12-20(15-18)14-17-9-5-2-6-10-17/h1-10H,11-15H2/b19-18+. The summed E-state index contributed by atoms with van der Waals surface area (Å²) in [6.45, 7) is 3.99. The highest BCUT2D eigenvalue weighted by Crippen LogP contribution is 2.12. The molecule has 0 spiro atoms. The number of nitrogens with zero attached hydrogens (tertiary/aromatic N) is 2. The molecular weight excluding hydrogens is 244 g/mol. The van der Waals surface area contributed by atoms with Crippen molar-refractivity contribution in [1.29, 1.82) is 0 Å². The van der Waals surface area contributed by atoms with Crippen molar-refractivity contribution in [2.45, 2.75) is 19.5 Å². The van der Waals surface area contributed by atoms with Gasteiger partial charge in [-0.1, -0.05) is 60.7 Å². The van der Waals surface area contributed by atoms with Crippen LogP contribution in [0.15, 0.2) is 65.7 Å². The number of hydrogen-bond acceptors (Lipinski definition) is 2. The molecule has 0 aliphatic carbocycles. The monoisotopic (exact) mass is 264 g/mol. The van der Waals surface area contributed by atoms with Crippen molar-refractivity contribution >= 4 is 5.71 Å². The first kappa shape index (κ1) is 13.1. The van der Waals surface area contributed by atoms with E-state index >= 15 is 0 Å². The van der Waals surface area contributed by atoms with Gasteiger partial charge in [-0.05, 0) is 17.5 Å². The van der Waals surface area contributed by atoms with E-state index < -0.39 is 0 Å². The minimum absolute atomic E-state index is 0.815. The molecular formula is C18H20N2. The van der Waals surface area contributed by atoms with Crippen LogP contribution in [-0.2, 0) is 13.1 Å². The summed E-state index contributed by atoms with van der Waals surface area (Å²) >= 11 is 0.